The normalized spacial score (nSPS) is 35.7. The predicted molar refractivity (Wildman–Crippen MR) is 114 cm³/mol. The topological polar surface area (TPSA) is 61.8 Å². The van der Waals surface area contributed by atoms with E-state index in [1.807, 2.05) is 12.3 Å². The third-order valence-corrected chi connectivity index (χ3v) is 8.30. The summed E-state index contributed by atoms with van der Waals surface area (Å²) in [7, 11) is 0. The Morgan fingerprint density at radius 2 is 1.53 bits per heavy atom. The first-order valence-electron chi connectivity index (χ1n) is 11.9. The Bertz CT molecular complexity index is 765. The van der Waals surface area contributed by atoms with Gasteiger partial charge in [-0.25, -0.2) is 4.98 Å². The van der Waals surface area contributed by atoms with Gasteiger partial charge in [0.25, 0.3) is 0 Å². The highest BCUT2D eigenvalue weighted by molar-refractivity contribution is 5.83. The van der Waals surface area contributed by atoms with E-state index in [0.717, 1.165) is 101 Å². The molecule has 7 nitrogen and oxygen atoms in total. The number of rotatable bonds is 3. The summed E-state index contributed by atoms with van der Waals surface area (Å²) in [6.45, 7) is 6.51. The van der Waals surface area contributed by atoms with E-state index in [2.05, 4.69) is 19.7 Å². The number of ether oxygens (including phenoxy) is 1. The fraction of sp³-hybridized carbons (Fsp3) is 0.783. The second kappa shape index (κ2) is 7.36. The van der Waals surface area contributed by atoms with E-state index >= 15 is 0 Å². The summed E-state index contributed by atoms with van der Waals surface area (Å²) in [5.41, 5.74) is -0.0185. The molecule has 4 bridgehead atoms. The summed E-state index contributed by atoms with van der Waals surface area (Å²) >= 11 is 0. The zero-order valence-corrected chi connectivity index (χ0v) is 17.8. The number of piperazine rings is 1. The van der Waals surface area contributed by atoms with Crippen LogP contribution in [-0.4, -0.2) is 73.3 Å². The average molecular weight is 412 g/mol. The molecule has 3 heterocycles. The lowest BCUT2D eigenvalue weighted by atomic mass is 9.49. The highest BCUT2D eigenvalue weighted by atomic mass is 16.5. The molecule has 0 atom stereocenters. The molecule has 0 radical (unpaired) electrons. The summed E-state index contributed by atoms with van der Waals surface area (Å²) in [4.78, 5) is 29.6. The molecule has 0 spiro atoms. The molecule has 7 heteroatoms. The summed E-state index contributed by atoms with van der Waals surface area (Å²) in [5.74, 6) is 4.71. The summed E-state index contributed by atoms with van der Waals surface area (Å²) in [6, 6.07) is 2.00. The van der Waals surface area contributed by atoms with Crippen molar-refractivity contribution in [3.8, 4) is 0 Å². The largest absolute Gasteiger partial charge is 0.378 e. The number of nitrogens with zero attached hydrogens (tertiary/aromatic N) is 5. The van der Waals surface area contributed by atoms with Gasteiger partial charge in [-0.15, -0.1) is 0 Å². The number of hydrogen-bond acceptors (Lipinski definition) is 6. The van der Waals surface area contributed by atoms with Crippen LogP contribution in [0.25, 0.3) is 0 Å². The Labute approximate surface area is 178 Å². The van der Waals surface area contributed by atoms with Crippen molar-refractivity contribution >= 4 is 17.7 Å². The van der Waals surface area contributed by atoms with Gasteiger partial charge in [-0.1, -0.05) is 0 Å². The molecule has 2 aliphatic heterocycles. The van der Waals surface area contributed by atoms with Crippen molar-refractivity contribution in [2.75, 3.05) is 62.3 Å². The summed E-state index contributed by atoms with van der Waals surface area (Å²) < 4.78 is 5.44. The molecule has 30 heavy (non-hydrogen) atoms. The van der Waals surface area contributed by atoms with Gasteiger partial charge < -0.3 is 19.4 Å². The smallest absolute Gasteiger partial charge is 0.228 e. The molecule has 1 aromatic rings. The molecular weight excluding hydrogens is 378 g/mol. The first kappa shape index (κ1) is 18.8. The summed E-state index contributed by atoms with van der Waals surface area (Å²) in [5, 5.41) is 0. The zero-order chi connectivity index (χ0) is 20.1. The molecule has 6 aliphatic rings. The highest BCUT2D eigenvalue weighted by Gasteiger charge is 2.55. The Morgan fingerprint density at radius 1 is 0.900 bits per heavy atom. The molecule has 1 aromatic heterocycles. The van der Waals surface area contributed by atoms with E-state index in [0.29, 0.717) is 5.91 Å². The van der Waals surface area contributed by atoms with Gasteiger partial charge in [-0.05, 0) is 62.3 Å². The van der Waals surface area contributed by atoms with Gasteiger partial charge in [0.2, 0.25) is 11.9 Å². The minimum Gasteiger partial charge on any atom is -0.378 e. The molecule has 6 fully saturated rings. The van der Waals surface area contributed by atoms with Crippen molar-refractivity contribution in [1.29, 1.82) is 0 Å². The number of morpholine rings is 1. The van der Waals surface area contributed by atoms with Gasteiger partial charge >= 0.3 is 0 Å². The van der Waals surface area contributed by atoms with Crippen molar-refractivity contribution in [3.05, 3.63) is 12.3 Å². The molecule has 1 amide bonds. The zero-order valence-electron chi connectivity index (χ0n) is 17.8. The lowest BCUT2D eigenvalue weighted by Crippen LogP contribution is -2.58. The van der Waals surface area contributed by atoms with Crippen LogP contribution in [-0.2, 0) is 9.53 Å². The van der Waals surface area contributed by atoms with E-state index in [9.17, 15) is 4.79 Å². The number of amides is 1. The second-order valence-electron chi connectivity index (χ2n) is 10.3. The number of carbonyl (C=O) groups excluding carboxylic acids is 1. The van der Waals surface area contributed by atoms with Crippen LogP contribution in [0.4, 0.5) is 11.8 Å². The van der Waals surface area contributed by atoms with Crippen molar-refractivity contribution < 1.29 is 9.53 Å². The van der Waals surface area contributed by atoms with Crippen LogP contribution >= 0.6 is 0 Å². The first-order chi connectivity index (χ1) is 14.7. The molecule has 2 saturated heterocycles. The predicted octanol–water partition coefficient (Wildman–Crippen LogP) is 2.18. The maximum Gasteiger partial charge on any atom is 0.228 e. The maximum absolute atomic E-state index is 13.6. The van der Waals surface area contributed by atoms with E-state index in [1.165, 1.54) is 19.3 Å². The molecule has 7 rings (SSSR count). The minimum atomic E-state index is -0.0185. The van der Waals surface area contributed by atoms with Crippen LogP contribution in [0, 0.1) is 23.2 Å². The Hall–Kier alpha value is -1.89. The number of carbonyl (C=O) groups is 1. The van der Waals surface area contributed by atoms with Crippen molar-refractivity contribution in [2.45, 2.75) is 38.5 Å². The fourth-order valence-electron chi connectivity index (χ4n) is 7.28. The third kappa shape index (κ3) is 3.26. The van der Waals surface area contributed by atoms with Gasteiger partial charge in [-0.2, -0.15) is 4.98 Å². The quantitative estimate of drug-likeness (QED) is 0.760. The van der Waals surface area contributed by atoms with Crippen LogP contribution < -0.4 is 9.80 Å². The van der Waals surface area contributed by atoms with Crippen molar-refractivity contribution in [3.63, 3.8) is 0 Å². The van der Waals surface area contributed by atoms with E-state index < -0.39 is 0 Å². The highest BCUT2D eigenvalue weighted by Crippen LogP contribution is 2.60. The third-order valence-electron chi connectivity index (χ3n) is 8.30. The van der Waals surface area contributed by atoms with Crippen LogP contribution in [0.2, 0.25) is 0 Å². The van der Waals surface area contributed by atoms with Crippen molar-refractivity contribution in [1.82, 2.24) is 14.9 Å². The van der Waals surface area contributed by atoms with Gasteiger partial charge in [0.05, 0.1) is 18.6 Å². The van der Waals surface area contributed by atoms with Crippen molar-refractivity contribution in [2.24, 2.45) is 23.2 Å². The van der Waals surface area contributed by atoms with E-state index in [-0.39, 0.29) is 5.41 Å². The standard InChI is InChI=1S/C23H33N5O2/c29-21(23-14-17-11-18(15-23)13-19(12-17)16-23)27-5-3-26(4-6-27)20-1-2-24-22(25-20)28-7-9-30-10-8-28/h1-2,17-19H,3-16H2. The minimum absolute atomic E-state index is 0.0185. The molecule has 4 saturated carbocycles. The van der Waals surface area contributed by atoms with Crippen LogP contribution in [0.15, 0.2) is 12.3 Å². The van der Waals surface area contributed by atoms with Crippen LogP contribution in [0.1, 0.15) is 38.5 Å². The Morgan fingerprint density at radius 3 is 2.17 bits per heavy atom. The van der Waals surface area contributed by atoms with E-state index in [4.69, 9.17) is 9.72 Å². The molecule has 4 aliphatic carbocycles. The van der Waals surface area contributed by atoms with Gasteiger partial charge in [0, 0.05) is 45.5 Å². The second-order valence-corrected chi connectivity index (χ2v) is 10.3. The number of anilines is 2. The summed E-state index contributed by atoms with van der Waals surface area (Å²) in [6.07, 6.45) is 9.51. The molecule has 0 unspecified atom stereocenters. The van der Waals surface area contributed by atoms with Gasteiger partial charge in [0.15, 0.2) is 0 Å². The Kier molecular flexibility index (Phi) is 4.62. The molecule has 0 aromatic carbocycles. The lowest BCUT2D eigenvalue weighted by molar-refractivity contribution is -0.158. The molecule has 0 N–H and O–H groups in total. The molecule has 162 valence electrons. The van der Waals surface area contributed by atoms with Crippen LogP contribution in [0.5, 0.6) is 0 Å². The SMILES string of the molecule is O=C(N1CCN(c2ccnc(N3CCOCC3)n2)CC1)C12CC3CC(CC(C3)C1)C2. The molecular formula is C23H33N5O2. The maximum atomic E-state index is 13.6. The average Bonchev–Trinajstić information content (AvgIpc) is 2.78. The number of hydrogen-bond donors (Lipinski definition) is 0. The Balaban J connectivity index is 1.11. The monoisotopic (exact) mass is 411 g/mol. The van der Waals surface area contributed by atoms with Gasteiger partial charge in [-0.3, -0.25) is 4.79 Å². The first-order valence-corrected chi connectivity index (χ1v) is 11.9. The lowest BCUT2D eigenvalue weighted by Gasteiger charge is -2.57. The van der Waals surface area contributed by atoms with Crippen LogP contribution in [0.3, 0.4) is 0 Å². The number of aromatic nitrogens is 2. The van der Waals surface area contributed by atoms with E-state index in [1.54, 1.807) is 0 Å². The fourth-order valence-corrected chi connectivity index (χ4v) is 7.28. The van der Waals surface area contributed by atoms with Gasteiger partial charge in [0.1, 0.15) is 5.82 Å².